The maximum Gasteiger partial charge on any atom is 0.472 e. The summed E-state index contributed by atoms with van der Waals surface area (Å²) in [5.41, 5.74) is 5.37. The fraction of sp³-hybridized carbons (Fsp3) is 0.714. The van der Waals surface area contributed by atoms with Gasteiger partial charge in [0, 0.05) is 19.4 Å². The predicted octanol–water partition coefficient (Wildman–Crippen LogP) is 16.3. The Bertz CT molecular complexity index is 1350. The number of unbranched alkanes of at least 4 members (excludes halogenated alkanes) is 22. The molecular formula is C56H98NO8P. The molecule has 0 aromatic heterocycles. The summed E-state index contributed by atoms with van der Waals surface area (Å²) in [6.07, 6.45) is 66.3. The molecular weight excluding hydrogens is 846 g/mol. The van der Waals surface area contributed by atoms with Gasteiger partial charge in [-0.2, -0.15) is 0 Å². The molecule has 0 bridgehead atoms. The molecule has 0 radical (unpaired) electrons. The fourth-order valence-electron chi connectivity index (χ4n) is 7.09. The maximum atomic E-state index is 12.7. The number of hydrogen-bond donors (Lipinski definition) is 2. The highest BCUT2D eigenvalue weighted by Gasteiger charge is 2.26. The fourth-order valence-corrected chi connectivity index (χ4v) is 7.86. The van der Waals surface area contributed by atoms with Crippen molar-refractivity contribution >= 4 is 19.8 Å². The van der Waals surface area contributed by atoms with Crippen LogP contribution in [-0.2, 0) is 32.7 Å². The van der Waals surface area contributed by atoms with Crippen molar-refractivity contribution in [3.05, 3.63) is 85.1 Å². The minimum atomic E-state index is -4.39. The second-order valence-corrected chi connectivity index (χ2v) is 18.8. The number of hydrogen-bond acceptors (Lipinski definition) is 8. The van der Waals surface area contributed by atoms with E-state index < -0.39 is 32.5 Å². The van der Waals surface area contributed by atoms with Crippen LogP contribution < -0.4 is 5.73 Å². The van der Waals surface area contributed by atoms with Gasteiger partial charge < -0.3 is 20.1 Å². The lowest BCUT2D eigenvalue weighted by molar-refractivity contribution is -0.161. The average molecular weight is 944 g/mol. The SMILES string of the molecule is CC/C=C\C/C=C\C/C=C\C/C=C\C/C=C\CCCCCCCCCCCCCCCCCC(=O)OC(COC(=O)CCCCCCC/C=C\C/C=C\CCCC)COP(=O)(O)OCCN. The molecule has 0 aromatic carbocycles. The molecule has 0 saturated heterocycles. The number of allylic oxidation sites excluding steroid dienone is 14. The van der Waals surface area contributed by atoms with Crippen LogP contribution in [0.1, 0.15) is 226 Å². The lowest BCUT2D eigenvalue weighted by Gasteiger charge is -2.19. The van der Waals surface area contributed by atoms with Crippen molar-refractivity contribution in [1.82, 2.24) is 0 Å². The van der Waals surface area contributed by atoms with Gasteiger partial charge in [0.1, 0.15) is 6.61 Å². The van der Waals surface area contributed by atoms with E-state index in [9.17, 15) is 19.0 Å². The summed E-state index contributed by atoms with van der Waals surface area (Å²) in [6.45, 7) is 3.57. The third kappa shape index (κ3) is 50.6. The van der Waals surface area contributed by atoms with Gasteiger partial charge in [-0.15, -0.1) is 0 Å². The Morgan fingerprint density at radius 2 is 0.833 bits per heavy atom. The lowest BCUT2D eigenvalue weighted by Crippen LogP contribution is -2.29. The van der Waals surface area contributed by atoms with E-state index in [1.165, 1.54) is 89.9 Å². The molecule has 9 nitrogen and oxygen atoms in total. The number of nitrogens with two attached hydrogens (primary N) is 1. The Kier molecular flexibility index (Phi) is 49.4. The second kappa shape index (κ2) is 51.6. The third-order valence-electron chi connectivity index (χ3n) is 11.0. The highest BCUT2D eigenvalue weighted by Crippen LogP contribution is 2.43. The molecule has 0 spiro atoms. The maximum absolute atomic E-state index is 12.7. The van der Waals surface area contributed by atoms with Crippen LogP contribution in [0.2, 0.25) is 0 Å². The van der Waals surface area contributed by atoms with Gasteiger partial charge in [0.15, 0.2) is 6.10 Å². The summed E-state index contributed by atoms with van der Waals surface area (Å²) in [6, 6.07) is 0. The number of phosphoric ester groups is 1. The van der Waals surface area contributed by atoms with Gasteiger partial charge in [-0.05, 0) is 83.5 Å². The van der Waals surface area contributed by atoms with Gasteiger partial charge in [-0.3, -0.25) is 18.6 Å². The van der Waals surface area contributed by atoms with Crippen molar-refractivity contribution < 1.29 is 37.6 Å². The molecule has 0 heterocycles. The van der Waals surface area contributed by atoms with Gasteiger partial charge in [0.05, 0.1) is 13.2 Å². The highest BCUT2D eigenvalue weighted by molar-refractivity contribution is 7.47. The van der Waals surface area contributed by atoms with Crippen molar-refractivity contribution in [2.75, 3.05) is 26.4 Å². The van der Waals surface area contributed by atoms with E-state index in [0.717, 1.165) is 96.3 Å². The normalized spacial score (nSPS) is 13.8. The Balaban J connectivity index is 3.96. The van der Waals surface area contributed by atoms with Gasteiger partial charge >= 0.3 is 19.8 Å². The van der Waals surface area contributed by atoms with Crippen LogP contribution in [0.4, 0.5) is 0 Å². The summed E-state index contributed by atoms with van der Waals surface area (Å²) in [7, 11) is -4.39. The summed E-state index contributed by atoms with van der Waals surface area (Å²) in [5.74, 6) is -0.845. The molecule has 3 N–H and O–H groups in total. The van der Waals surface area contributed by atoms with Gasteiger partial charge in [0.2, 0.25) is 0 Å². The Morgan fingerprint density at radius 1 is 0.470 bits per heavy atom. The predicted molar refractivity (Wildman–Crippen MR) is 279 cm³/mol. The Morgan fingerprint density at radius 3 is 1.24 bits per heavy atom. The van der Waals surface area contributed by atoms with Crippen LogP contribution >= 0.6 is 7.82 Å². The van der Waals surface area contributed by atoms with Crippen molar-refractivity contribution in [3.63, 3.8) is 0 Å². The zero-order valence-corrected chi connectivity index (χ0v) is 43.0. The first-order valence-corrected chi connectivity index (χ1v) is 28.1. The van der Waals surface area contributed by atoms with Gasteiger partial charge in [-0.1, -0.05) is 214 Å². The minimum Gasteiger partial charge on any atom is -0.462 e. The average Bonchev–Trinajstić information content (AvgIpc) is 3.31. The van der Waals surface area contributed by atoms with Crippen LogP contribution in [0.15, 0.2) is 85.1 Å². The second-order valence-electron chi connectivity index (χ2n) is 17.4. The van der Waals surface area contributed by atoms with E-state index in [2.05, 4.69) is 98.9 Å². The first-order valence-electron chi connectivity index (χ1n) is 26.6. The molecule has 0 fully saturated rings. The molecule has 0 aromatic rings. The molecule has 0 aliphatic heterocycles. The Labute approximate surface area is 404 Å². The van der Waals surface area contributed by atoms with Crippen LogP contribution in [0.25, 0.3) is 0 Å². The van der Waals surface area contributed by atoms with Crippen molar-refractivity contribution in [3.8, 4) is 0 Å². The quantitative estimate of drug-likeness (QED) is 0.0265. The molecule has 0 amide bonds. The van der Waals surface area contributed by atoms with Crippen LogP contribution in [0.3, 0.4) is 0 Å². The van der Waals surface area contributed by atoms with Crippen LogP contribution in [0, 0.1) is 0 Å². The molecule has 2 atom stereocenters. The number of esters is 2. The number of phosphoric acid groups is 1. The van der Waals surface area contributed by atoms with E-state index in [-0.39, 0.29) is 32.6 Å². The van der Waals surface area contributed by atoms with E-state index >= 15 is 0 Å². The van der Waals surface area contributed by atoms with Crippen LogP contribution in [0.5, 0.6) is 0 Å². The smallest absolute Gasteiger partial charge is 0.462 e. The topological polar surface area (TPSA) is 134 Å². The van der Waals surface area contributed by atoms with E-state index in [1.54, 1.807) is 0 Å². The number of carbonyl (C=O) groups excluding carboxylic acids is 2. The summed E-state index contributed by atoms with van der Waals surface area (Å²) in [4.78, 5) is 35.0. The zero-order valence-electron chi connectivity index (χ0n) is 42.2. The molecule has 0 saturated carbocycles. The standard InChI is InChI=1S/C56H98NO8P/c1-3-5-7-9-11-13-15-17-19-20-21-22-23-24-25-26-27-28-29-30-31-32-33-34-35-37-39-41-43-45-47-49-56(59)65-54(53-64-66(60,61)63-51-50-57)52-62-55(58)48-46-44-42-40-38-36-18-16-14-12-10-8-6-4-2/h5,7,10-13,16-19,21-22,24-25,54H,3-4,6,8-9,14-15,20,23,26-53,57H2,1-2H3,(H,60,61)/b7-5-,12-10-,13-11-,18-16-,19-17-,22-21-,25-24-. The summed E-state index contributed by atoms with van der Waals surface area (Å²) < 4.78 is 32.9. The minimum absolute atomic E-state index is 0.0487. The largest absolute Gasteiger partial charge is 0.472 e. The number of rotatable bonds is 49. The van der Waals surface area contributed by atoms with Crippen molar-refractivity contribution in [2.45, 2.75) is 232 Å². The first kappa shape index (κ1) is 63.2. The molecule has 66 heavy (non-hydrogen) atoms. The van der Waals surface area contributed by atoms with Gasteiger partial charge in [-0.25, -0.2) is 4.57 Å². The van der Waals surface area contributed by atoms with E-state index in [1.807, 2.05) is 0 Å². The zero-order chi connectivity index (χ0) is 48.1. The van der Waals surface area contributed by atoms with Crippen LogP contribution in [-0.4, -0.2) is 49.3 Å². The molecule has 380 valence electrons. The molecule has 0 aliphatic carbocycles. The molecule has 0 aliphatic rings. The van der Waals surface area contributed by atoms with Crippen molar-refractivity contribution in [1.29, 1.82) is 0 Å². The lowest BCUT2D eigenvalue weighted by atomic mass is 10.0. The highest BCUT2D eigenvalue weighted by atomic mass is 31.2. The third-order valence-corrected chi connectivity index (χ3v) is 12.0. The van der Waals surface area contributed by atoms with Crippen molar-refractivity contribution in [2.24, 2.45) is 5.73 Å². The molecule has 0 rings (SSSR count). The van der Waals surface area contributed by atoms with Gasteiger partial charge in [0.25, 0.3) is 0 Å². The summed E-state index contributed by atoms with van der Waals surface area (Å²) >= 11 is 0. The molecule has 2 unspecified atom stereocenters. The first-order chi connectivity index (χ1) is 32.3. The molecule has 10 heteroatoms. The summed E-state index contributed by atoms with van der Waals surface area (Å²) in [5, 5.41) is 0. The Hall–Kier alpha value is -2.81. The monoisotopic (exact) mass is 944 g/mol. The number of carbonyl (C=O) groups is 2. The number of ether oxygens (including phenoxy) is 2. The van der Waals surface area contributed by atoms with E-state index in [4.69, 9.17) is 24.3 Å². The van der Waals surface area contributed by atoms with E-state index in [0.29, 0.717) is 12.8 Å².